The van der Waals surface area contributed by atoms with Gasteiger partial charge in [0.15, 0.2) is 0 Å². The Hall–Kier alpha value is -2.98. The van der Waals surface area contributed by atoms with Gasteiger partial charge in [0.25, 0.3) is 10.0 Å². The molecule has 1 aliphatic carbocycles. The molecule has 2 amide bonds. The van der Waals surface area contributed by atoms with Gasteiger partial charge in [-0.1, -0.05) is 65.8 Å². The third-order valence-electron chi connectivity index (χ3n) is 7.34. The van der Waals surface area contributed by atoms with E-state index in [0.29, 0.717) is 20.6 Å². The molecule has 3 aromatic carbocycles. The average molecular weight is 667 g/mol. The van der Waals surface area contributed by atoms with Crippen molar-refractivity contribution in [2.75, 3.05) is 17.5 Å². The van der Waals surface area contributed by atoms with Gasteiger partial charge in [-0.25, -0.2) is 8.42 Å². The molecule has 3 aromatic rings. The van der Waals surface area contributed by atoms with Crippen LogP contribution in [0.2, 0.25) is 15.1 Å². The summed E-state index contributed by atoms with van der Waals surface area (Å²) in [7, 11) is -4.29. The van der Waals surface area contributed by atoms with E-state index in [1.807, 2.05) is 0 Å². The van der Waals surface area contributed by atoms with Crippen LogP contribution in [0.4, 0.5) is 5.69 Å². The van der Waals surface area contributed by atoms with Crippen molar-refractivity contribution < 1.29 is 22.7 Å². The molecule has 0 spiro atoms. The summed E-state index contributed by atoms with van der Waals surface area (Å²) in [6.45, 7) is 3.02. The van der Waals surface area contributed by atoms with Crippen LogP contribution in [0.1, 0.15) is 45.1 Å². The molecule has 0 heterocycles. The fourth-order valence-corrected chi connectivity index (χ4v) is 7.01. The number of benzene rings is 3. The van der Waals surface area contributed by atoms with Gasteiger partial charge in [0.2, 0.25) is 11.8 Å². The van der Waals surface area contributed by atoms with Crippen molar-refractivity contribution in [1.29, 1.82) is 0 Å². The van der Waals surface area contributed by atoms with Gasteiger partial charge in [0.05, 0.1) is 17.2 Å². The predicted octanol–water partition coefficient (Wildman–Crippen LogP) is 6.72. The fraction of sp³-hybridized carbons (Fsp3) is 0.355. The molecule has 0 saturated heterocycles. The Morgan fingerprint density at radius 1 is 0.977 bits per heavy atom. The van der Waals surface area contributed by atoms with E-state index in [2.05, 4.69) is 5.32 Å². The minimum atomic E-state index is -4.29. The fourth-order valence-electron chi connectivity index (χ4n) is 5.00. The van der Waals surface area contributed by atoms with Crippen molar-refractivity contribution in [2.45, 2.75) is 63.1 Å². The zero-order valence-electron chi connectivity index (χ0n) is 23.9. The lowest BCUT2D eigenvalue weighted by molar-refractivity contribution is -0.139. The summed E-state index contributed by atoms with van der Waals surface area (Å²) in [5, 5.41) is 4.15. The second kappa shape index (κ2) is 14.7. The molecule has 1 N–H and O–H groups in total. The molecule has 0 radical (unpaired) electrons. The normalized spacial score (nSPS) is 14.3. The summed E-state index contributed by atoms with van der Waals surface area (Å²) >= 11 is 18.6. The second-order valence-corrected chi connectivity index (χ2v) is 13.4. The summed E-state index contributed by atoms with van der Waals surface area (Å²) in [5.41, 5.74) is 0.738. The third kappa shape index (κ3) is 8.15. The van der Waals surface area contributed by atoms with Crippen LogP contribution in [0.3, 0.4) is 0 Å². The van der Waals surface area contributed by atoms with Crippen LogP contribution >= 0.6 is 34.8 Å². The molecule has 8 nitrogen and oxygen atoms in total. The predicted molar refractivity (Wildman–Crippen MR) is 170 cm³/mol. The number of hydrogen-bond acceptors (Lipinski definition) is 5. The van der Waals surface area contributed by atoms with Crippen LogP contribution in [0.5, 0.6) is 5.75 Å². The number of anilines is 1. The molecule has 0 unspecified atom stereocenters. The van der Waals surface area contributed by atoms with E-state index in [9.17, 15) is 18.0 Å². The number of carbonyl (C=O) groups excluding carboxylic acids is 2. The Bertz CT molecular complexity index is 1550. The number of carbonyl (C=O) groups is 2. The standard InChI is InChI=1S/C31H34Cl3N3O5S/c1-3-42-29-11-7-6-10-28(29)37(43(40,41)26-16-14-23(32)15-17-26)20-30(38)36(19-22-12-13-24(33)18-27(22)34)21(2)31(39)35-25-8-4-5-9-25/h6-7,10-18,21,25H,3-5,8-9,19-20H2,1-2H3,(H,35,39)/t21-/m1/s1. The van der Waals surface area contributed by atoms with Crippen molar-refractivity contribution in [3.05, 3.63) is 87.4 Å². The zero-order valence-corrected chi connectivity index (χ0v) is 27.0. The van der Waals surface area contributed by atoms with E-state index in [1.165, 1.54) is 29.2 Å². The first-order valence-corrected chi connectivity index (χ1v) is 16.6. The number of sulfonamides is 1. The van der Waals surface area contributed by atoms with E-state index in [1.54, 1.807) is 56.3 Å². The molecule has 4 rings (SSSR count). The molecule has 0 bridgehead atoms. The number of rotatable bonds is 12. The van der Waals surface area contributed by atoms with Gasteiger partial charge in [-0.2, -0.15) is 0 Å². The SMILES string of the molecule is CCOc1ccccc1N(CC(=O)N(Cc1ccc(Cl)cc1Cl)[C@H](C)C(=O)NC1CCCC1)S(=O)(=O)c1ccc(Cl)cc1. The number of nitrogens with one attached hydrogen (secondary N) is 1. The van der Waals surface area contributed by atoms with Crippen molar-refractivity contribution in [3.63, 3.8) is 0 Å². The Morgan fingerprint density at radius 2 is 1.63 bits per heavy atom. The number of hydrogen-bond donors (Lipinski definition) is 1. The summed E-state index contributed by atoms with van der Waals surface area (Å²) < 4.78 is 34.9. The highest BCUT2D eigenvalue weighted by Gasteiger charge is 2.34. The Morgan fingerprint density at radius 3 is 2.28 bits per heavy atom. The summed E-state index contributed by atoms with van der Waals surface area (Å²) in [6, 6.07) is 16.3. The van der Waals surface area contributed by atoms with Crippen LogP contribution < -0.4 is 14.4 Å². The Kier molecular flexibility index (Phi) is 11.2. The molecule has 0 aromatic heterocycles. The average Bonchev–Trinajstić information content (AvgIpc) is 3.49. The van der Waals surface area contributed by atoms with Crippen molar-refractivity contribution >= 4 is 62.3 Å². The zero-order chi connectivity index (χ0) is 31.1. The maximum atomic E-state index is 14.2. The third-order valence-corrected chi connectivity index (χ3v) is 9.95. The molecule has 1 aliphatic rings. The Balaban J connectivity index is 1.74. The van der Waals surface area contributed by atoms with Gasteiger partial charge in [-0.15, -0.1) is 0 Å². The molecular weight excluding hydrogens is 633 g/mol. The van der Waals surface area contributed by atoms with Crippen molar-refractivity contribution in [2.24, 2.45) is 0 Å². The molecule has 43 heavy (non-hydrogen) atoms. The number of ether oxygens (including phenoxy) is 1. The molecule has 1 fully saturated rings. The monoisotopic (exact) mass is 665 g/mol. The largest absolute Gasteiger partial charge is 0.492 e. The highest BCUT2D eigenvalue weighted by Crippen LogP contribution is 2.33. The lowest BCUT2D eigenvalue weighted by atomic mass is 10.1. The van der Waals surface area contributed by atoms with E-state index < -0.39 is 28.5 Å². The van der Waals surface area contributed by atoms with Gasteiger partial charge >= 0.3 is 0 Å². The van der Waals surface area contributed by atoms with Gasteiger partial charge in [-0.05, 0) is 80.8 Å². The maximum Gasteiger partial charge on any atom is 0.264 e. The second-order valence-electron chi connectivity index (χ2n) is 10.3. The molecular formula is C31H34Cl3N3O5S. The molecule has 1 atom stereocenters. The van der Waals surface area contributed by atoms with Gasteiger partial charge in [0.1, 0.15) is 18.3 Å². The summed E-state index contributed by atoms with van der Waals surface area (Å²) in [4.78, 5) is 28.9. The van der Waals surface area contributed by atoms with E-state index >= 15 is 0 Å². The quantitative estimate of drug-likeness (QED) is 0.232. The lowest BCUT2D eigenvalue weighted by Crippen LogP contribution is -2.52. The number of nitrogens with zero attached hydrogens (tertiary/aromatic N) is 2. The summed E-state index contributed by atoms with van der Waals surface area (Å²) in [6.07, 6.45) is 3.80. The first-order valence-electron chi connectivity index (χ1n) is 14.0. The first-order chi connectivity index (χ1) is 20.5. The van der Waals surface area contributed by atoms with Crippen LogP contribution in [-0.4, -0.2) is 50.4 Å². The highest BCUT2D eigenvalue weighted by molar-refractivity contribution is 7.92. The van der Waals surface area contributed by atoms with Crippen LogP contribution in [-0.2, 0) is 26.2 Å². The minimum Gasteiger partial charge on any atom is -0.492 e. The molecule has 230 valence electrons. The maximum absolute atomic E-state index is 14.2. The first kappa shape index (κ1) is 32.9. The van der Waals surface area contributed by atoms with E-state index in [-0.39, 0.29) is 41.4 Å². The van der Waals surface area contributed by atoms with E-state index in [4.69, 9.17) is 39.5 Å². The molecule has 0 aliphatic heterocycles. The van der Waals surface area contributed by atoms with Crippen LogP contribution in [0.25, 0.3) is 0 Å². The number of amides is 2. The molecule has 12 heteroatoms. The van der Waals surface area contributed by atoms with Gasteiger partial charge in [-0.3, -0.25) is 13.9 Å². The molecule has 1 saturated carbocycles. The van der Waals surface area contributed by atoms with Crippen molar-refractivity contribution in [1.82, 2.24) is 10.2 Å². The van der Waals surface area contributed by atoms with Gasteiger partial charge in [0, 0.05) is 27.7 Å². The number of halogens is 3. The van der Waals surface area contributed by atoms with Crippen LogP contribution in [0.15, 0.2) is 71.6 Å². The topological polar surface area (TPSA) is 96.0 Å². The minimum absolute atomic E-state index is 0.0332. The Labute approximate surface area is 267 Å². The number of para-hydroxylation sites is 2. The van der Waals surface area contributed by atoms with E-state index in [0.717, 1.165) is 30.0 Å². The summed E-state index contributed by atoms with van der Waals surface area (Å²) in [5.74, 6) is -0.647. The van der Waals surface area contributed by atoms with Crippen molar-refractivity contribution in [3.8, 4) is 5.75 Å². The lowest BCUT2D eigenvalue weighted by Gasteiger charge is -2.33. The smallest absolute Gasteiger partial charge is 0.264 e. The van der Waals surface area contributed by atoms with Crippen LogP contribution in [0, 0.1) is 0 Å². The van der Waals surface area contributed by atoms with Gasteiger partial charge < -0.3 is 15.0 Å². The highest BCUT2D eigenvalue weighted by atomic mass is 35.5.